The van der Waals surface area contributed by atoms with Crippen LogP contribution in [0.2, 0.25) is 5.02 Å². The highest BCUT2D eigenvalue weighted by Gasteiger charge is 2.53. The molecule has 122 valence electrons. The third-order valence-corrected chi connectivity index (χ3v) is 5.62. The molecule has 2 rings (SSSR count). The number of methoxy groups -OCH3 is 1. The highest BCUT2D eigenvalue weighted by atomic mass is 35.5. The molecule has 0 aliphatic carbocycles. The number of hydrogen-bond acceptors (Lipinski definition) is 6. The van der Waals surface area contributed by atoms with E-state index in [1.807, 2.05) is 34.6 Å². The lowest BCUT2D eigenvalue weighted by Gasteiger charge is -2.32. The lowest BCUT2D eigenvalue weighted by Crippen LogP contribution is -2.41. The molecule has 8 heteroatoms. The Labute approximate surface area is 140 Å². The van der Waals surface area contributed by atoms with Crippen LogP contribution in [-0.4, -0.2) is 38.0 Å². The van der Waals surface area contributed by atoms with E-state index in [4.69, 9.17) is 30.4 Å². The van der Waals surface area contributed by atoms with E-state index in [2.05, 4.69) is 0 Å². The molecule has 2 heterocycles. The minimum atomic E-state index is -0.639. The smallest absolute Gasteiger partial charge is 0.491 e. The van der Waals surface area contributed by atoms with Gasteiger partial charge in [-0.2, -0.15) is 0 Å². The minimum Gasteiger partial charge on any atom is -0.491 e. The van der Waals surface area contributed by atoms with E-state index in [-0.39, 0.29) is 0 Å². The minimum absolute atomic E-state index is 0.319. The Bertz CT molecular complexity index is 568. The van der Waals surface area contributed by atoms with Gasteiger partial charge in [-0.25, -0.2) is 4.79 Å². The Morgan fingerprint density at radius 1 is 1.27 bits per heavy atom. The molecule has 1 saturated heterocycles. The Kier molecular flexibility index (Phi) is 4.83. The number of hydrogen-bond donors (Lipinski definition) is 0. The van der Waals surface area contributed by atoms with Gasteiger partial charge in [0.05, 0.1) is 34.7 Å². The molecule has 5 nitrogen and oxygen atoms in total. The molecule has 1 aliphatic heterocycles. The number of carbonyl (C=O) groups excluding carboxylic acids is 1. The summed E-state index contributed by atoms with van der Waals surface area (Å²) in [6.07, 6.45) is 0. The molecule has 0 radical (unpaired) electrons. The Hall–Kier alpha value is -0.755. The van der Waals surface area contributed by atoms with E-state index in [1.165, 1.54) is 18.4 Å². The lowest BCUT2D eigenvalue weighted by atomic mass is 9.88. The second-order valence-corrected chi connectivity index (χ2v) is 7.38. The standard InChI is InChI=1S/C14H20BClO5S/c1-7-19-9-8(16)11(22-10(9)12(17)18-6)15-20-13(2,3)14(4,5)21-15/h7H2,1-6H3. The fourth-order valence-corrected chi connectivity index (χ4v) is 3.44. The molecule has 0 N–H and O–H groups in total. The zero-order valence-corrected chi connectivity index (χ0v) is 15.2. The van der Waals surface area contributed by atoms with Gasteiger partial charge in [-0.1, -0.05) is 11.6 Å². The summed E-state index contributed by atoms with van der Waals surface area (Å²) in [5.74, 6) is -0.163. The summed E-state index contributed by atoms with van der Waals surface area (Å²) in [6, 6.07) is 0. The third-order valence-electron chi connectivity index (χ3n) is 3.96. The van der Waals surface area contributed by atoms with E-state index in [0.717, 1.165) is 0 Å². The van der Waals surface area contributed by atoms with Crippen molar-refractivity contribution in [3.8, 4) is 5.75 Å². The summed E-state index contributed by atoms with van der Waals surface area (Å²) in [5.41, 5.74) is -0.968. The van der Waals surface area contributed by atoms with Gasteiger partial charge in [0.2, 0.25) is 0 Å². The second-order valence-electron chi connectivity index (χ2n) is 5.95. The maximum Gasteiger partial charge on any atom is 0.507 e. The van der Waals surface area contributed by atoms with E-state index in [0.29, 0.717) is 27.0 Å². The number of carbonyl (C=O) groups is 1. The molecular weight excluding hydrogens is 326 g/mol. The number of halogens is 1. The van der Waals surface area contributed by atoms with Crippen molar-refractivity contribution >= 4 is 40.8 Å². The number of esters is 1. The van der Waals surface area contributed by atoms with Gasteiger partial charge in [-0.15, -0.1) is 11.3 Å². The van der Waals surface area contributed by atoms with Crippen molar-refractivity contribution in [1.29, 1.82) is 0 Å². The average molecular weight is 347 g/mol. The number of thiophene rings is 1. The van der Waals surface area contributed by atoms with Crippen LogP contribution >= 0.6 is 22.9 Å². The van der Waals surface area contributed by atoms with Crippen LogP contribution in [0, 0.1) is 0 Å². The fraction of sp³-hybridized carbons (Fsp3) is 0.643. The molecule has 0 bridgehead atoms. The molecule has 22 heavy (non-hydrogen) atoms. The van der Waals surface area contributed by atoms with E-state index in [9.17, 15) is 4.79 Å². The van der Waals surface area contributed by atoms with Gasteiger partial charge in [0.15, 0.2) is 10.6 Å². The molecular formula is C14H20BClO5S. The van der Waals surface area contributed by atoms with Crippen LogP contribution in [0.25, 0.3) is 0 Å². The Balaban J connectivity index is 2.43. The van der Waals surface area contributed by atoms with E-state index >= 15 is 0 Å². The van der Waals surface area contributed by atoms with Gasteiger partial charge in [-0.05, 0) is 34.6 Å². The van der Waals surface area contributed by atoms with Crippen LogP contribution in [-0.2, 0) is 14.0 Å². The second kappa shape index (κ2) is 6.04. The molecule has 0 spiro atoms. The van der Waals surface area contributed by atoms with Gasteiger partial charge in [0.25, 0.3) is 0 Å². The molecule has 1 aliphatic rings. The normalized spacial score (nSPS) is 19.3. The van der Waals surface area contributed by atoms with Crippen LogP contribution in [0.15, 0.2) is 0 Å². The van der Waals surface area contributed by atoms with Crippen LogP contribution in [0.4, 0.5) is 0 Å². The molecule has 0 amide bonds. The molecule has 0 aromatic carbocycles. The maximum absolute atomic E-state index is 11.9. The van der Waals surface area contributed by atoms with Crippen LogP contribution < -0.4 is 9.51 Å². The number of rotatable bonds is 4. The van der Waals surface area contributed by atoms with Crippen molar-refractivity contribution in [2.24, 2.45) is 0 Å². The van der Waals surface area contributed by atoms with Crippen LogP contribution in [0.3, 0.4) is 0 Å². The maximum atomic E-state index is 11.9. The molecule has 1 aromatic rings. The first-order chi connectivity index (χ1) is 10.1. The molecule has 0 unspecified atom stereocenters. The van der Waals surface area contributed by atoms with Crippen molar-refractivity contribution in [3.05, 3.63) is 9.90 Å². The molecule has 1 fully saturated rings. The Morgan fingerprint density at radius 2 is 1.82 bits per heavy atom. The summed E-state index contributed by atoms with van der Waals surface area (Å²) in [7, 11) is 0.681. The first kappa shape index (κ1) is 17.6. The largest absolute Gasteiger partial charge is 0.507 e. The van der Waals surface area contributed by atoms with Gasteiger partial charge >= 0.3 is 13.1 Å². The number of ether oxygens (including phenoxy) is 2. The quantitative estimate of drug-likeness (QED) is 0.620. The first-order valence-electron chi connectivity index (χ1n) is 7.03. The Morgan fingerprint density at radius 3 is 2.27 bits per heavy atom. The predicted octanol–water partition coefficient (Wildman–Crippen LogP) is 2.89. The summed E-state index contributed by atoms with van der Waals surface area (Å²) < 4.78 is 22.9. The summed E-state index contributed by atoms with van der Waals surface area (Å²) >= 11 is 7.57. The fourth-order valence-electron chi connectivity index (χ4n) is 2.01. The van der Waals surface area contributed by atoms with Crippen LogP contribution in [0.5, 0.6) is 5.75 Å². The summed E-state index contributed by atoms with van der Waals surface area (Å²) in [6.45, 7) is 10.0. The predicted molar refractivity (Wildman–Crippen MR) is 87.6 cm³/mol. The lowest BCUT2D eigenvalue weighted by molar-refractivity contribution is 0.00578. The van der Waals surface area contributed by atoms with Crippen molar-refractivity contribution in [2.45, 2.75) is 45.8 Å². The first-order valence-corrected chi connectivity index (χ1v) is 8.23. The monoisotopic (exact) mass is 346 g/mol. The van der Waals surface area contributed by atoms with Crippen molar-refractivity contribution in [2.75, 3.05) is 13.7 Å². The van der Waals surface area contributed by atoms with E-state index < -0.39 is 24.3 Å². The van der Waals surface area contributed by atoms with E-state index in [1.54, 1.807) is 0 Å². The zero-order chi connectivity index (χ0) is 16.7. The summed E-state index contributed by atoms with van der Waals surface area (Å²) in [5, 5.41) is 0.339. The van der Waals surface area contributed by atoms with Crippen molar-refractivity contribution < 1.29 is 23.6 Å². The molecule has 0 saturated carbocycles. The zero-order valence-electron chi connectivity index (χ0n) is 13.6. The SMILES string of the molecule is CCOc1c(C(=O)OC)sc(B2OC(C)(C)C(C)(C)O2)c1Cl. The van der Waals surface area contributed by atoms with Crippen LogP contribution in [0.1, 0.15) is 44.3 Å². The van der Waals surface area contributed by atoms with Gasteiger partial charge < -0.3 is 18.8 Å². The molecule has 0 atom stereocenters. The van der Waals surface area contributed by atoms with Gasteiger partial charge in [0.1, 0.15) is 0 Å². The highest BCUT2D eigenvalue weighted by Crippen LogP contribution is 2.40. The summed E-state index contributed by atoms with van der Waals surface area (Å²) in [4.78, 5) is 12.2. The topological polar surface area (TPSA) is 54.0 Å². The average Bonchev–Trinajstić information content (AvgIpc) is 2.85. The van der Waals surface area contributed by atoms with Crippen molar-refractivity contribution in [1.82, 2.24) is 0 Å². The van der Waals surface area contributed by atoms with Gasteiger partial charge in [-0.3, -0.25) is 0 Å². The molecule has 1 aromatic heterocycles. The third kappa shape index (κ3) is 2.87. The van der Waals surface area contributed by atoms with Gasteiger partial charge in [0, 0.05) is 0 Å². The highest BCUT2D eigenvalue weighted by molar-refractivity contribution is 7.25. The van der Waals surface area contributed by atoms with Crippen molar-refractivity contribution in [3.63, 3.8) is 0 Å².